The van der Waals surface area contributed by atoms with Crippen LogP contribution >= 0.6 is 0 Å². The van der Waals surface area contributed by atoms with Gasteiger partial charge >= 0.3 is 5.97 Å². The molecule has 0 heterocycles. The average Bonchev–Trinajstić information content (AvgIpc) is 2.56. The second kappa shape index (κ2) is 10.4. The van der Waals surface area contributed by atoms with Crippen LogP contribution in [0.2, 0.25) is 0 Å². The van der Waals surface area contributed by atoms with Gasteiger partial charge in [-0.1, -0.05) is 0 Å². The Bertz CT molecular complexity index is 725. The molecule has 0 fully saturated rings. The molecular weight excluding hydrogens is 375 g/mol. The number of rotatable bonds is 10. The van der Waals surface area contributed by atoms with Crippen molar-refractivity contribution in [3.05, 3.63) is 30.1 Å². The van der Waals surface area contributed by atoms with Crippen LogP contribution in [0.5, 0.6) is 0 Å². The lowest BCUT2D eigenvalue weighted by molar-refractivity contribution is -0.153. The number of nitrogens with one attached hydrogen (secondary N) is 1. The second-order valence-electron chi connectivity index (χ2n) is 6.60. The van der Waals surface area contributed by atoms with Gasteiger partial charge in [0.25, 0.3) is 5.91 Å². The first-order valence-electron chi connectivity index (χ1n) is 8.76. The summed E-state index contributed by atoms with van der Waals surface area (Å²) < 4.78 is 44.2. The van der Waals surface area contributed by atoms with Gasteiger partial charge in [-0.05, 0) is 58.4 Å². The molecule has 1 N–H and O–H groups in total. The van der Waals surface area contributed by atoms with Crippen molar-refractivity contribution in [1.29, 1.82) is 0 Å². The van der Waals surface area contributed by atoms with E-state index < -0.39 is 21.8 Å². The predicted octanol–water partition coefficient (Wildman–Crippen LogP) is 2.07. The molecule has 27 heavy (non-hydrogen) atoms. The van der Waals surface area contributed by atoms with Crippen LogP contribution in [0.25, 0.3) is 0 Å². The van der Waals surface area contributed by atoms with Crippen LogP contribution in [0.15, 0.2) is 29.2 Å². The van der Waals surface area contributed by atoms with E-state index in [-0.39, 0.29) is 48.9 Å². The summed E-state index contributed by atoms with van der Waals surface area (Å²) in [6.45, 7) is 7.21. The zero-order valence-corrected chi connectivity index (χ0v) is 16.9. The molecule has 0 bridgehead atoms. The molecule has 1 amide bonds. The van der Waals surface area contributed by atoms with Crippen LogP contribution in [-0.4, -0.2) is 50.4 Å². The van der Waals surface area contributed by atoms with E-state index in [1.807, 2.05) is 27.7 Å². The largest absolute Gasteiger partial charge is 0.456 e. The molecule has 0 unspecified atom stereocenters. The van der Waals surface area contributed by atoms with Gasteiger partial charge in [0.2, 0.25) is 10.0 Å². The Labute approximate surface area is 159 Å². The first-order chi connectivity index (χ1) is 12.5. The van der Waals surface area contributed by atoms with Crippen molar-refractivity contribution in [2.24, 2.45) is 0 Å². The Hall–Kier alpha value is -2.00. The highest BCUT2D eigenvalue weighted by Crippen LogP contribution is 2.10. The third-order valence-electron chi connectivity index (χ3n) is 3.73. The van der Waals surface area contributed by atoms with Crippen LogP contribution in [0.3, 0.4) is 0 Å². The van der Waals surface area contributed by atoms with Crippen LogP contribution in [0.4, 0.5) is 4.39 Å². The van der Waals surface area contributed by atoms with Crippen molar-refractivity contribution in [3.8, 4) is 0 Å². The van der Waals surface area contributed by atoms with Gasteiger partial charge in [-0.15, -0.1) is 0 Å². The van der Waals surface area contributed by atoms with Gasteiger partial charge in [-0.2, -0.15) is 0 Å². The SMILES string of the molecule is CC(C)N(C(=O)COC(=O)CCCNS(=O)(=O)c1ccc(F)cc1)C(C)C. The van der Waals surface area contributed by atoms with Crippen molar-refractivity contribution >= 4 is 21.9 Å². The fourth-order valence-corrected chi connectivity index (χ4v) is 3.67. The molecule has 0 atom stereocenters. The van der Waals surface area contributed by atoms with E-state index in [9.17, 15) is 22.4 Å². The molecule has 0 saturated carbocycles. The van der Waals surface area contributed by atoms with Gasteiger partial charge in [0.1, 0.15) is 5.82 Å². The normalized spacial score (nSPS) is 11.7. The number of halogens is 1. The summed E-state index contributed by atoms with van der Waals surface area (Å²) in [6.07, 6.45) is 0.189. The number of esters is 1. The molecule has 0 aliphatic heterocycles. The molecule has 0 aromatic heterocycles. The Morgan fingerprint density at radius 1 is 1.11 bits per heavy atom. The molecule has 0 aliphatic carbocycles. The minimum Gasteiger partial charge on any atom is -0.456 e. The van der Waals surface area contributed by atoms with E-state index in [0.29, 0.717) is 0 Å². The number of nitrogens with zero attached hydrogens (tertiary/aromatic N) is 1. The topological polar surface area (TPSA) is 92.8 Å². The maximum Gasteiger partial charge on any atom is 0.306 e. The number of carbonyl (C=O) groups excluding carboxylic acids is 2. The monoisotopic (exact) mass is 402 g/mol. The maximum atomic E-state index is 12.8. The molecule has 152 valence electrons. The Morgan fingerprint density at radius 3 is 2.19 bits per heavy atom. The fraction of sp³-hybridized carbons (Fsp3) is 0.556. The maximum absolute atomic E-state index is 12.8. The zero-order chi connectivity index (χ0) is 20.6. The summed E-state index contributed by atoms with van der Waals surface area (Å²) in [5.74, 6) is -1.37. The Kier molecular flexibility index (Phi) is 8.84. The predicted molar refractivity (Wildman–Crippen MR) is 98.9 cm³/mol. The van der Waals surface area contributed by atoms with Gasteiger partial charge in [0, 0.05) is 25.0 Å². The van der Waals surface area contributed by atoms with Gasteiger partial charge in [-0.3, -0.25) is 9.59 Å². The van der Waals surface area contributed by atoms with Crippen molar-refractivity contribution < 1.29 is 27.1 Å². The zero-order valence-electron chi connectivity index (χ0n) is 16.1. The van der Waals surface area contributed by atoms with Crippen molar-refractivity contribution in [1.82, 2.24) is 9.62 Å². The molecule has 0 aliphatic rings. The second-order valence-corrected chi connectivity index (χ2v) is 8.37. The first-order valence-corrected chi connectivity index (χ1v) is 10.2. The molecule has 7 nitrogen and oxygen atoms in total. The number of sulfonamides is 1. The number of ether oxygens (including phenoxy) is 1. The first kappa shape index (κ1) is 23.0. The molecule has 0 saturated heterocycles. The number of amides is 1. The molecule has 0 radical (unpaired) electrons. The average molecular weight is 402 g/mol. The Balaban J connectivity index is 2.37. The minimum absolute atomic E-state index is 0.00271. The summed E-state index contributed by atoms with van der Waals surface area (Å²) in [5, 5.41) is 0. The number of hydrogen-bond acceptors (Lipinski definition) is 5. The minimum atomic E-state index is -3.76. The summed E-state index contributed by atoms with van der Waals surface area (Å²) in [7, 11) is -3.76. The van der Waals surface area contributed by atoms with E-state index in [1.165, 1.54) is 0 Å². The number of hydrogen-bond donors (Lipinski definition) is 1. The quantitative estimate of drug-likeness (QED) is 0.478. The number of benzene rings is 1. The van der Waals surface area contributed by atoms with Gasteiger partial charge in [0.05, 0.1) is 4.90 Å². The lowest BCUT2D eigenvalue weighted by Gasteiger charge is -2.30. The highest BCUT2D eigenvalue weighted by molar-refractivity contribution is 7.89. The van der Waals surface area contributed by atoms with Crippen molar-refractivity contribution in [3.63, 3.8) is 0 Å². The van der Waals surface area contributed by atoms with E-state index in [0.717, 1.165) is 24.3 Å². The van der Waals surface area contributed by atoms with Gasteiger partial charge in [-0.25, -0.2) is 17.5 Å². The molecule has 9 heteroatoms. The van der Waals surface area contributed by atoms with Gasteiger partial charge in [0.15, 0.2) is 6.61 Å². The summed E-state index contributed by atoms with van der Waals surface area (Å²) in [5.41, 5.74) is 0. The summed E-state index contributed by atoms with van der Waals surface area (Å²) in [6, 6.07) is 4.43. The van der Waals surface area contributed by atoms with Crippen LogP contribution in [-0.2, 0) is 24.3 Å². The highest BCUT2D eigenvalue weighted by atomic mass is 32.2. The molecule has 1 aromatic carbocycles. The third-order valence-corrected chi connectivity index (χ3v) is 5.21. The smallest absolute Gasteiger partial charge is 0.306 e. The number of carbonyl (C=O) groups is 2. The summed E-state index contributed by atoms with van der Waals surface area (Å²) >= 11 is 0. The van der Waals surface area contributed by atoms with E-state index >= 15 is 0 Å². The molecular formula is C18H27FN2O5S. The fourth-order valence-electron chi connectivity index (χ4n) is 2.60. The van der Waals surface area contributed by atoms with E-state index in [1.54, 1.807) is 4.90 Å². The Morgan fingerprint density at radius 2 is 1.67 bits per heavy atom. The summed E-state index contributed by atoms with van der Waals surface area (Å²) in [4.78, 5) is 25.4. The molecule has 0 spiro atoms. The molecule has 1 aromatic rings. The lowest BCUT2D eigenvalue weighted by Crippen LogP contribution is -2.44. The van der Waals surface area contributed by atoms with E-state index in [2.05, 4.69) is 4.72 Å². The van der Waals surface area contributed by atoms with E-state index in [4.69, 9.17) is 4.74 Å². The third kappa shape index (κ3) is 7.64. The van der Waals surface area contributed by atoms with Crippen LogP contribution in [0.1, 0.15) is 40.5 Å². The van der Waals surface area contributed by atoms with Crippen LogP contribution in [0, 0.1) is 5.82 Å². The van der Waals surface area contributed by atoms with Crippen molar-refractivity contribution in [2.45, 2.75) is 57.5 Å². The standard InChI is InChI=1S/C18H27FN2O5S/c1-13(2)21(14(3)4)17(22)12-26-18(23)6-5-11-20-27(24,25)16-9-7-15(19)8-10-16/h7-10,13-14,20H,5-6,11-12H2,1-4H3. The lowest BCUT2D eigenvalue weighted by atomic mass is 10.2. The highest BCUT2D eigenvalue weighted by Gasteiger charge is 2.21. The van der Waals surface area contributed by atoms with Crippen molar-refractivity contribution in [2.75, 3.05) is 13.2 Å². The van der Waals surface area contributed by atoms with Gasteiger partial charge < -0.3 is 9.64 Å². The molecule has 1 rings (SSSR count). The van der Waals surface area contributed by atoms with Crippen LogP contribution < -0.4 is 4.72 Å².